The summed E-state index contributed by atoms with van der Waals surface area (Å²) in [6.45, 7) is 2.28. The van der Waals surface area contributed by atoms with Crippen LogP contribution in [0.25, 0.3) is 0 Å². The van der Waals surface area contributed by atoms with E-state index in [0.717, 1.165) is 11.3 Å². The highest BCUT2D eigenvalue weighted by molar-refractivity contribution is 6.04. The highest BCUT2D eigenvalue weighted by atomic mass is 16.5. The molecule has 0 aromatic heterocycles. The Bertz CT molecular complexity index is 1210. The molecule has 4 rings (SSSR count). The maximum Gasteiger partial charge on any atom is 0.255 e. The van der Waals surface area contributed by atoms with Crippen LogP contribution in [0.3, 0.4) is 0 Å². The van der Waals surface area contributed by atoms with Gasteiger partial charge in [0, 0.05) is 37.0 Å². The predicted octanol–water partition coefficient (Wildman–Crippen LogP) is 4.52. The number of nitrogens with zero attached hydrogens (tertiary/aromatic N) is 2. The largest absolute Gasteiger partial charge is 0.497 e. The molecule has 1 N–H and O–H groups in total. The average Bonchev–Trinajstić information content (AvgIpc) is 3.29. The molecular formula is C28H29N3O4. The third-order valence-corrected chi connectivity index (χ3v) is 6.45. The first-order valence-electron chi connectivity index (χ1n) is 11.5. The van der Waals surface area contributed by atoms with Crippen LogP contribution in [0.2, 0.25) is 0 Å². The van der Waals surface area contributed by atoms with E-state index in [1.807, 2.05) is 61.5 Å². The number of ether oxygens (including phenoxy) is 1. The van der Waals surface area contributed by atoms with Gasteiger partial charge in [-0.05, 0) is 61.0 Å². The van der Waals surface area contributed by atoms with E-state index in [1.165, 1.54) is 0 Å². The van der Waals surface area contributed by atoms with Crippen LogP contribution in [0.4, 0.5) is 11.4 Å². The van der Waals surface area contributed by atoms with Crippen LogP contribution in [0, 0.1) is 5.92 Å². The standard InChI is InChI=1S/C28H29N3O4/c1-19(21-10-7-11-23(16-21)29-27(33)20-8-5-4-6-9-20)30(2)28(34)22-17-26(32)31(18-22)24-12-14-25(35-3)15-13-24/h4-16,19,22H,17-18H2,1-3H3,(H,29,33). The zero-order valence-electron chi connectivity index (χ0n) is 20.1. The number of carbonyl (C=O) groups excluding carboxylic acids is 3. The second-order valence-electron chi connectivity index (χ2n) is 8.67. The van der Waals surface area contributed by atoms with E-state index in [4.69, 9.17) is 4.74 Å². The molecule has 7 heteroatoms. The Labute approximate surface area is 205 Å². The normalized spacial score (nSPS) is 16.0. The number of carbonyl (C=O) groups is 3. The summed E-state index contributed by atoms with van der Waals surface area (Å²) < 4.78 is 5.18. The minimum absolute atomic E-state index is 0.0693. The summed E-state index contributed by atoms with van der Waals surface area (Å²) in [4.78, 5) is 41.8. The second-order valence-corrected chi connectivity index (χ2v) is 8.67. The van der Waals surface area contributed by atoms with Gasteiger partial charge in [-0.2, -0.15) is 0 Å². The molecule has 0 bridgehead atoms. The first-order chi connectivity index (χ1) is 16.9. The van der Waals surface area contributed by atoms with Gasteiger partial charge in [0.05, 0.1) is 19.1 Å². The lowest BCUT2D eigenvalue weighted by Gasteiger charge is -2.28. The van der Waals surface area contributed by atoms with E-state index in [2.05, 4.69) is 5.32 Å². The maximum atomic E-state index is 13.3. The Hall–Kier alpha value is -4.13. The number of hydrogen-bond donors (Lipinski definition) is 1. The summed E-state index contributed by atoms with van der Waals surface area (Å²) in [6, 6.07) is 23.5. The number of methoxy groups -OCH3 is 1. The Morgan fingerprint density at radius 2 is 1.74 bits per heavy atom. The Morgan fingerprint density at radius 1 is 1.03 bits per heavy atom. The molecule has 3 aromatic rings. The molecule has 0 aliphatic carbocycles. The maximum absolute atomic E-state index is 13.3. The van der Waals surface area contributed by atoms with Crippen LogP contribution in [0.1, 0.15) is 35.3 Å². The summed E-state index contributed by atoms with van der Waals surface area (Å²) in [7, 11) is 3.34. The molecule has 0 saturated carbocycles. The molecule has 0 spiro atoms. The van der Waals surface area contributed by atoms with Crippen molar-refractivity contribution < 1.29 is 19.1 Å². The zero-order chi connectivity index (χ0) is 24.9. The van der Waals surface area contributed by atoms with E-state index < -0.39 is 5.92 Å². The first kappa shape index (κ1) is 24.0. The number of anilines is 2. The van der Waals surface area contributed by atoms with Gasteiger partial charge in [-0.1, -0.05) is 30.3 Å². The third-order valence-electron chi connectivity index (χ3n) is 6.45. The fourth-order valence-electron chi connectivity index (χ4n) is 4.26. The number of benzene rings is 3. The van der Waals surface area contributed by atoms with E-state index in [0.29, 0.717) is 23.5 Å². The van der Waals surface area contributed by atoms with Gasteiger partial charge in [0.15, 0.2) is 0 Å². The smallest absolute Gasteiger partial charge is 0.255 e. The molecule has 35 heavy (non-hydrogen) atoms. The summed E-state index contributed by atoms with van der Waals surface area (Å²) in [5, 5.41) is 2.91. The van der Waals surface area contributed by atoms with Crippen molar-refractivity contribution in [1.29, 1.82) is 0 Å². The minimum Gasteiger partial charge on any atom is -0.497 e. The number of nitrogens with one attached hydrogen (secondary N) is 1. The summed E-state index contributed by atoms with van der Waals surface area (Å²) >= 11 is 0. The van der Waals surface area contributed by atoms with Gasteiger partial charge in [-0.3, -0.25) is 14.4 Å². The van der Waals surface area contributed by atoms with Crippen molar-refractivity contribution in [3.8, 4) is 5.75 Å². The molecule has 0 radical (unpaired) electrons. The molecule has 1 fully saturated rings. The Morgan fingerprint density at radius 3 is 2.43 bits per heavy atom. The zero-order valence-corrected chi connectivity index (χ0v) is 20.1. The van der Waals surface area contributed by atoms with E-state index >= 15 is 0 Å². The fraction of sp³-hybridized carbons (Fsp3) is 0.250. The predicted molar refractivity (Wildman–Crippen MR) is 135 cm³/mol. The van der Waals surface area contributed by atoms with Crippen LogP contribution in [-0.2, 0) is 9.59 Å². The lowest BCUT2D eigenvalue weighted by molar-refractivity contribution is -0.136. The van der Waals surface area contributed by atoms with Crippen molar-refractivity contribution >= 4 is 29.1 Å². The quantitative estimate of drug-likeness (QED) is 0.550. The lowest BCUT2D eigenvalue weighted by Crippen LogP contribution is -2.36. The van der Waals surface area contributed by atoms with Crippen LogP contribution in [0.15, 0.2) is 78.9 Å². The number of hydrogen-bond acceptors (Lipinski definition) is 4. The number of amides is 3. The first-order valence-corrected chi connectivity index (χ1v) is 11.5. The van der Waals surface area contributed by atoms with Gasteiger partial charge >= 0.3 is 0 Å². The molecule has 1 heterocycles. The van der Waals surface area contributed by atoms with Gasteiger partial charge < -0.3 is 19.9 Å². The van der Waals surface area contributed by atoms with Crippen LogP contribution in [-0.4, -0.2) is 43.3 Å². The Kier molecular flexibility index (Phi) is 7.15. The van der Waals surface area contributed by atoms with Gasteiger partial charge in [0.25, 0.3) is 5.91 Å². The van der Waals surface area contributed by atoms with Gasteiger partial charge in [0.2, 0.25) is 11.8 Å². The summed E-state index contributed by atoms with van der Waals surface area (Å²) in [6.07, 6.45) is 0.176. The minimum atomic E-state index is -0.419. The van der Waals surface area contributed by atoms with Gasteiger partial charge in [-0.25, -0.2) is 0 Å². The van der Waals surface area contributed by atoms with Crippen molar-refractivity contribution in [2.24, 2.45) is 5.92 Å². The van der Waals surface area contributed by atoms with Crippen LogP contribution >= 0.6 is 0 Å². The molecule has 180 valence electrons. The van der Waals surface area contributed by atoms with E-state index in [-0.39, 0.29) is 30.2 Å². The third kappa shape index (κ3) is 5.35. The highest BCUT2D eigenvalue weighted by Gasteiger charge is 2.37. The second kappa shape index (κ2) is 10.4. The Balaban J connectivity index is 1.42. The van der Waals surface area contributed by atoms with Crippen LogP contribution < -0.4 is 15.0 Å². The van der Waals surface area contributed by atoms with Crippen molar-refractivity contribution in [3.05, 3.63) is 90.0 Å². The molecule has 3 aromatic carbocycles. The van der Waals surface area contributed by atoms with Gasteiger partial charge in [0.1, 0.15) is 5.75 Å². The van der Waals surface area contributed by atoms with E-state index in [1.54, 1.807) is 48.2 Å². The lowest BCUT2D eigenvalue weighted by atomic mass is 10.0. The molecule has 1 saturated heterocycles. The van der Waals surface area contributed by atoms with Crippen LogP contribution in [0.5, 0.6) is 5.75 Å². The highest BCUT2D eigenvalue weighted by Crippen LogP contribution is 2.30. The average molecular weight is 472 g/mol. The summed E-state index contributed by atoms with van der Waals surface area (Å²) in [5.41, 5.74) is 2.88. The molecule has 2 atom stereocenters. The number of rotatable bonds is 7. The molecule has 1 aliphatic rings. The molecule has 1 aliphatic heterocycles. The van der Waals surface area contributed by atoms with Crippen molar-refractivity contribution in [2.45, 2.75) is 19.4 Å². The summed E-state index contributed by atoms with van der Waals surface area (Å²) in [5.74, 6) is -0.0505. The molecule has 7 nitrogen and oxygen atoms in total. The topological polar surface area (TPSA) is 79.0 Å². The SMILES string of the molecule is COc1ccc(N2CC(C(=O)N(C)C(C)c3cccc(NC(=O)c4ccccc4)c3)CC2=O)cc1. The monoisotopic (exact) mass is 471 g/mol. The van der Waals surface area contributed by atoms with Crippen molar-refractivity contribution in [2.75, 3.05) is 30.9 Å². The van der Waals surface area contributed by atoms with Gasteiger partial charge in [-0.15, -0.1) is 0 Å². The molecular weight excluding hydrogens is 442 g/mol. The van der Waals surface area contributed by atoms with Crippen molar-refractivity contribution in [1.82, 2.24) is 4.90 Å². The molecule has 3 amide bonds. The fourth-order valence-corrected chi connectivity index (χ4v) is 4.26. The molecule has 2 unspecified atom stereocenters. The van der Waals surface area contributed by atoms with E-state index in [9.17, 15) is 14.4 Å². The van der Waals surface area contributed by atoms with Crippen molar-refractivity contribution in [3.63, 3.8) is 0 Å².